The number of aryl methyl sites for hydroxylation is 2. The van der Waals surface area contributed by atoms with Gasteiger partial charge in [-0.3, -0.25) is 9.59 Å². The molecule has 2 aromatic heterocycles. The first-order chi connectivity index (χ1) is 15.8. The molecule has 0 unspecified atom stereocenters. The van der Waals surface area contributed by atoms with E-state index in [-0.39, 0.29) is 23.8 Å². The average molecular weight is 455 g/mol. The number of carbonyl (C=O) groups excluding carboxylic acids is 1. The topological polar surface area (TPSA) is 145 Å². The Bertz CT molecular complexity index is 1140. The standard InChI is InChI=1S/C23H30N6O4/c1-3-29-21-18(12(2)27-29)19(26-15-6-4-13(5-7-15)22(31)32)16(11-25-21)17-10-23(33-28-17)8-14(9-23)20(24)30/h11,13-15H,3-10H2,1-2H3,(H2,24,30)(H,25,26)(H,31,32). The van der Waals surface area contributed by atoms with Crippen LogP contribution >= 0.6 is 0 Å². The summed E-state index contributed by atoms with van der Waals surface area (Å²) in [5.41, 5.74) is 9.30. The number of primary amides is 1. The van der Waals surface area contributed by atoms with Gasteiger partial charge in [0.2, 0.25) is 5.91 Å². The Kier molecular flexibility index (Phi) is 5.25. The number of nitrogens with two attached hydrogens (primary N) is 1. The van der Waals surface area contributed by atoms with E-state index in [4.69, 9.17) is 15.6 Å². The Labute approximate surface area is 191 Å². The monoisotopic (exact) mass is 454 g/mol. The number of rotatable bonds is 6. The number of oxime groups is 1. The van der Waals surface area contributed by atoms with E-state index in [0.717, 1.165) is 46.5 Å². The second-order valence-corrected chi connectivity index (χ2v) is 9.67. The first-order valence-corrected chi connectivity index (χ1v) is 11.7. The number of amides is 1. The highest BCUT2D eigenvalue weighted by molar-refractivity contribution is 6.11. The molecule has 1 aliphatic heterocycles. The van der Waals surface area contributed by atoms with Crippen molar-refractivity contribution >= 4 is 34.3 Å². The van der Waals surface area contributed by atoms with Crippen LogP contribution in [-0.2, 0) is 21.0 Å². The molecule has 2 saturated carbocycles. The molecule has 1 spiro atoms. The van der Waals surface area contributed by atoms with Crippen molar-refractivity contribution in [1.82, 2.24) is 14.8 Å². The zero-order chi connectivity index (χ0) is 23.3. The van der Waals surface area contributed by atoms with E-state index in [1.165, 1.54) is 0 Å². The van der Waals surface area contributed by atoms with Crippen molar-refractivity contribution in [2.24, 2.45) is 22.7 Å². The van der Waals surface area contributed by atoms with Crippen molar-refractivity contribution in [3.8, 4) is 0 Å². The number of anilines is 1. The lowest BCUT2D eigenvalue weighted by Gasteiger charge is -2.40. The van der Waals surface area contributed by atoms with Crippen molar-refractivity contribution < 1.29 is 19.5 Å². The van der Waals surface area contributed by atoms with Gasteiger partial charge in [0.25, 0.3) is 0 Å². The lowest BCUT2D eigenvalue weighted by atomic mass is 9.68. The van der Waals surface area contributed by atoms with Gasteiger partial charge in [0.15, 0.2) is 5.65 Å². The largest absolute Gasteiger partial charge is 0.481 e. The van der Waals surface area contributed by atoms with Crippen LogP contribution in [0.25, 0.3) is 11.0 Å². The van der Waals surface area contributed by atoms with E-state index in [2.05, 4.69) is 15.6 Å². The Morgan fingerprint density at radius 3 is 2.64 bits per heavy atom. The van der Waals surface area contributed by atoms with Crippen LogP contribution in [0.5, 0.6) is 0 Å². The molecule has 3 heterocycles. The minimum atomic E-state index is -0.710. The van der Waals surface area contributed by atoms with E-state index in [1.54, 1.807) is 0 Å². The number of pyridine rings is 1. The summed E-state index contributed by atoms with van der Waals surface area (Å²) < 4.78 is 1.89. The summed E-state index contributed by atoms with van der Waals surface area (Å²) in [5, 5.41) is 23.1. The van der Waals surface area contributed by atoms with Crippen LogP contribution < -0.4 is 11.1 Å². The van der Waals surface area contributed by atoms with Crippen LogP contribution in [0.1, 0.15) is 63.1 Å². The third-order valence-corrected chi connectivity index (χ3v) is 7.45. The van der Waals surface area contributed by atoms with E-state index < -0.39 is 11.6 Å². The van der Waals surface area contributed by atoms with Gasteiger partial charge in [-0.05, 0) is 39.5 Å². The molecule has 176 valence electrons. The number of carboxylic acids is 1. The Morgan fingerprint density at radius 2 is 2.00 bits per heavy atom. The molecule has 0 atom stereocenters. The first-order valence-electron chi connectivity index (χ1n) is 11.7. The zero-order valence-electron chi connectivity index (χ0n) is 19.0. The molecule has 10 nitrogen and oxygen atoms in total. The second kappa shape index (κ2) is 8.00. The quantitative estimate of drug-likeness (QED) is 0.608. The second-order valence-electron chi connectivity index (χ2n) is 9.67. The lowest BCUT2D eigenvalue weighted by molar-refractivity contribution is -0.144. The van der Waals surface area contributed by atoms with Crippen LogP contribution in [0.3, 0.4) is 0 Å². The Morgan fingerprint density at radius 1 is 1.27 bits per heavy atom. The summed E-state index contributed by atoms with van der Waals surface area (Å²) in [6.07, 6.45) is 6.48. The Balaban J connectivity index is 1.46. The molecule has 1 amide bonds. The van der Waals surface area contributed by atoms with Crippen LogP contribution in [-0.4, -0.2) is 49.1 Å². The van der Waals surface area contributed by atoms with E-state index in [1.807, 2.05) is 24.7 Å². The summed E-state index contributed by atoms with van der Waals surface area (Å²) in [4.78, 5) is 33.4. The molecule has 0 radical (unpaired) electrons. The molecule has 4 N–H and O–H groups in total. The number of hydrogen-bond donors (Lipinski definition) is 3. The third-order valence-electron chi connectivity index (χ3n) is 7.45. The number of hydrogen-bond acceptors (Lipinski definition) is 7. The Hall–Kier alpha value is -3.17. The summed E-state index contributed by atoms with van der Waals surface area (Å²) in [7, 11) is 0. The minimum Gasteiger partial charge on any atom is -0.481 e. The molecule has 5 rings (SSSR count). The van der Waals surface area contributed by atoms with Crippen molar-refractivity contribution in [3.05, 3.63) is 17.5 Å². The maximum Gasteiger partial charge on any atom is 0.306 e. The number of nitrogens with zero attached hydrogens (tertiary/aromatic N) is 4. The van der Waals surface area contributed by atoms with Gasteiger partial charge in [-0.1, -0.05) is 5.16 Å². The molecule has 2 fully saturated rings. The minimum absolute atomic E-state index is 0.160. The molecule has 10 heteroatoms. The van der Waals surface area contributed by atoms with Crippen molar-refractivity contribution in [2.75, 3.05) is 5.32 Å². The van der Waals surface area contributed by atoms with E-state index in [0.29, 0.717) is 38.6 Å². The molecule has 33 heavy (non-hydrogen) atoms. The number of aliphatic carboxylic acids is 1. The SMILES string of the molecule is CCn1nc(C)c2c(NC3CCC(C(=O)O)CC3)c(C3=NOC4(C3)CC(C(N)=O)C4)cnc21. The van der Waals surface area contributed by atoms with Crippen molar-refractivity contribution in [2.45, 2.75) is 77.0 Å². The van der Waals surface area contributed by atoms with Gasteiger partial charge in [0, 0.05) is 49.5 Å². The normalized spacial score (nSPS) is 28.9. The van der Waals surface area contributed by atoms with Gasteiger partial charge in [-0.2, -0.15) is 5.10 Å². The maximum absolute atomic E-state index is 11.5. The summed E-state index contributed by atoms with van der Waals surface area (Å²) in [6.45, 7) is 4.72. The van der Waals surface area contributed by atoms with Gasteiger partial charge in [0.1, 0.15) is 5.60 Å². The van der Waals surface area contributed by atoms with E-state index in [9.17, 15) is 14.7 Å². The van der Waals surface area contributed by atoms with Gasteiger partial charge < -0.3 is 21.0 Å². The molecule has 0 saturated heterocycles. The smallest absolute Gasteiger partial charge is 0.306 e. The number of aromatic nitrogens is 3. The van der Waals surface area contributed by atoms with Crippen LogP contribution in [0.15, 0.2) is 11.4 Å². The summed E-state index contributed by atoms with van der Waals surface area (Å²) in [5.74, 6) is -1.43. The highest BCUT2D eigenvalue weighted by Crippen LogP contribution is 2.48. The van der Waals surface area contributed by atoms with Gasteiger partial charge >= 0.3 is 5.97 Å². The highest BCUT2D eigenvalue weighted by Gasteiger charge is 2.53. The van der Waals surface area contributed by atoms with Gasteiger partial charge in [0.05, 0.1) is 28.4 Å². The van der Waals surface area contributed by atoms with Crippen molar-refractivity contribution in [3.63, 3.8) is 0 Å². The summed E-state index contributed by atoms with van der Waals surface area (Å²) in [6, 6.07) is 0.161. The van der Waals surface area contributed by atoms with E-state index >= 15 is 0 Å². The number of carboxylic acid groups (broad SMARTS) is 1. The molecule has 2 aliphatic carbocycles. The predicted molar refractivity (Wildman–Crippen MR) is 122 cm³/mol. The average Bonchev–Trinajstić information content (AvgIpc) is 3.35. The molecule has 3 aliphatic rings. The molecule has 0 bridgehead atoms. The number of fused-ring (bicyclic) bond motifs is 1. The highest BCUT2D eigenvalue weighted by atomic mass is 16.7. The van der Waals surface area contributed by atoms with Crippen LogP contribution in [0, 0.1) is 18.8 Å². The maximum atomic E-state index is 11.5. The lowest BCUT2D eigenvalue weighted by Crippen LogP contribution is -2.49. The van der Waals surface area contributed by atoms with Crippen molar-refractivity contribution in [1.29, 1.82) is 0 Å². The fraction of sp³-hybridized carbons (Fsp3) is 0.609. The number of nitrogens with one attached hydrogen (secondary N) is 1. The first kappa shape index (κ1) is 21.7. The molecular weight excluding hydrogens is 424 g/mol. The molecule has 0 aromatic carbocycles. The zero-order valence-corrected chi connectivity index (χ0v) is 19.0. The molecule has 2 aromatic rings. The predicted octanol–water partition coefficient (Wildman–Crippen LogP) is 2.57. The van der Waals surface area contributed by atoms with Gasteiger partial charge in [-0.25, -0.2) is 9.67 Å². The fourth-order valence-corrected chi connectivity index (χ4v) is 5.52. The van der Waals surface area contributed by atoms with Crippen LogP contribution in [0.2, 0.25) is 0 Å². The van der Waals surface area contributed by atoms with Gasteiger partial charge in [-0.15, -0.1) is 0 Å². The van der Waals surface area contributed by atoms with Crippen LogP contribution in [0.4, 0.5) is 5.69 Å². The fourth-order valence-electron chi connectivity index (χ4n) is 5.52. The molecular formula is C23H30N6O4. The summed E-state index contributed by atoms with van der Waals surface area (Å²) >= 11 is 0. The number of carbonyl (C=O) groups is 2. The third kappa shape index (κ3) is 3.71.